The molecule has 1 unspecified atom stereocenters. The lowest BCUT2D eigenvalue weighted by Gasteiger charge is -2.28. The van der Waals surface area contributed by atoms with Crippen molar-refractivity contribution < 1.29 is 13.7 Å². The van der Waals surface area contributed by atoms with Crippen molar-refractivity contribution in [2.24, 2.45) is 0 Å². The van der Waals surface area contributed by atoms with E-state index >= 15 is 4.39 Å². The first kappa shape index (κ1) is 19.9. The number of ether oxygens (including phenoxy) is 1. The molecular formula is C22H20FN5O2S. The van der Waals surface area contributed by atoms with Gasteiger partial charge in [0.15, 0.2) is 4.90 Å². The summed E-state index contributed by atoms with van der Waals surface area (Å²) in [4.78, 5) is 12.0. The van der Waals surface area contributed by atoms with Gasteiger partial charge in [-0.15, -0.1) is 0 Å². The van der Waals surface area contributed by atoms with Gasteiger partial charge in [0.25, 0.3) is 0 Å². The number of morpholine rings is 1. The van der Waals surface area contributed by atoms with Crippen LogP contribution < -0.4 is 4.90 Å². The van der Waals surface area contributed by atoms with Gasteiger partial charge in [0.1, 0.15) is 29.1 Å². The number of hydrogen-bond acceptors (Lipinski definition) is 6. The number of H-pyrrole nitrogens is 1. The van der Waals surface area contributed by atoms with E-state index in [-0.39, 0.29) is 0 Å². The largest absolute Gasteiger partial charge is 0.612 e. The number of nitrogens with zero attached hydrogens (tertiary/aromatic N) is 4. The SMILES string of the molecule is C[S+]([O-])c1ccc(-c2cc(N3CCOCC3)nc3c(-c4ccn[nH]4)nccc23)c(F)c1. The fraction of sp³-hybridized carbons (Fsp3) is 0.227. The third-order valence-corrected chi connectivity index (χ3v) is 6.29. The van der Waals surface area contributed by atoms with Crippen molar-refractivity contribution >= 4 is 27.9 Å². The molecule has 1 saturated heterocycles. The van der Waals surface area contributed by atoms with Crippen molar-refractivity contribution in [3.05, 3.63) is 54.6 Å². The molecule has 1 fully saturated rings. The van der Waals surface area contributed by atoms with Gasteiger partial charge < -0.3 is 14.2 Å². The average Bonchev–Trinajstić information content (AvgIpc) is 3.33. The van der Waals surface area contributed by atoms with Crippen LogP contribution in [0.25, 0.3) is 33.4 Å². The van der Waals surface area contributed by atoms with E-state index in [0.717, 1.165) is 16.9 Å². The number of rotatable bonds is 4. The van der Waals surface area contributed by atoms with E-state index in [0.29, 0.717) is 53.5 Å². The Morgan fingerprint density at radius 2 is 1.94 bits per heavy atom. The van der Waals surface area contributed by atoms with Gasteiger partial charge in [-0.3, -0.25) is 10.1 Å². The van der Waals surface area contributed by atoms with Crippen LogP contribution in [0.15, 0.2) is 53.7 Å². The fourth-order valence-corrected chi connectivity index (χ4v) is 4.32. The second-order valence-corrected chi connectivity index (χ2v) is 8.63. The van der Waals surface area contributed by atoms with Gasteiger partial charge in [0.05, 0.1) is 18.9 Å². The second kappa shape index (κ2) is 8.26. The summed E-state index contributed by atoms with van der Waals surface area (Å²) in [5.74, 6) is 0.315. The summed E-state index contributed by atoms with van der Waals surface area (Å²) < 4.78 is 32.4. The number of pyridine rings is 2. The summed E-state index contributed by atoms with van der Waals surface area (Å²) in [7, 11) is 0. The molecule has 1 aliphatic heterocycles. The number of halogens is 1. The Hall–Kier alpha value is -3.01. The molecule has 0 spiro atoms. The molecule has 4 aromatic rings. The molecule has 1 aliphatic rings. The van der Waals surface area contributed by atoms with Crippen LogP contribution >= 0.6 is 0 Å². The van der Waals surface area contributed by atoms with Gasteiger partial charge in [0.2, 0.25) is 0 Å². The molecular weight excluding hydrogens is 417 g/mol. The predicted molar refractivity (Wildman–Crippen MR) is 118 cm³/mol. The smallest absolute Gasteiger partial charge is 0.155 e. The van der Waals surface area contributed by atoms with E-state index in [1.807, 2.05) is 18.2 Å². The molecule has 0 saturated carbocycles. The van der Waals surface area contributed by atoms with Crippen molar-refractivity contribution in [1.82, 2.24) is 20.2 Å². The Balaban J connectivity index is 1.76. The maximum Gasteiger partial charge on any atom is 0.155 e. The summed E-state index contributed by atoms with van der Waals surface area (Å²) in [5.41, 5.74) is 3.19. The van der Waals surface area contributed by atoms with Gasteiger partial charge in [-0.2, -0.15) is 5.10 Å². The molecule has 3 aromatic heterocycles. The normalized spacial score (nSPS) is 15.4. The van der Waals surface area contributed by atoms with E-state index in [1.165, 1.54) is 12.3 Å². The van der Waals surface area contributed by atoms with Crippen molar-refractivity contribution in [1.29, 1.82) is 0 Å². The van der Waals surface area contributed by atoms with Crippen LogP contribution in [0, 0.1) is 5.82 Å². The molecule has 0 amide bonds. The minimum atomic E-state index is -1.26. The first-order valence-electron chi connectivity index (χ1n) is 9.87. The van der Waals surface area contributed by atoms with Crippen molar-refractivity contribution in [3.8, 4) is 22.5 Å². The van der Waals surface area contributed by atoms with Crippen LogP contribution in [-0.2, 0) is 15.9 Å². The Labute approximate surface area is 181 Å². The van der Waals surface area contributed by atoms with Gasteiger partial charge in [-0.1, -0.05) is 0 Å². The lowest BCUT2D eigenvalue weighted by Crippen LogP contribution is -2.36. The van der Waals surface area contributed by atoms with Gasteiger partial charge in [0, 0.05) is 42.5 Å². The topological polar surface area (TPSA) is 90.0 Å². The van der Waals surface area contributed by atoms with Crippen LogP contribution in [-0.4, -0.2) is 57.3 Å². The second-order valence-electron chi connectivity index (χ2n) is 7.25. The number of fused-ring (bicyclic) bond motifs is 1. The maximum atomic E-state index is 15.2. The van der Waals surface area contributed by atoms with Crippen LogP contribution in [0.3, 0.4) is 0 Å². The van der Waals surface area contributed by atoms with Gasteiger partial charge in [-0.25, -0.2) is 9.37 Å². The Bertz CT molecular complexity index is 1230. The number of nitrogens with one attached hydrogen (secondary N) is 1. The molecule has 0 aliphatic carbocycles. The van der Waals surface area contributed by atoms with Crippen LogP contribution in [0.1, 0.15) is 0 Å². The van der Waals surface area contributed by atoms with E-state index in [1.54, 1.807) is 24.5 Å². The standard InChI is InChI=1S/C22H20FN5O2S/c1-31(29)14-2-3-15(18(23)12-14)17-13-20(28-8-10-30-11-9-28)26-21-16(17)4-6-24-22(21)19-5-7-25-27-19/h2-7,12-13H,8-11H2,1H3,(H,25,27). The molecule has 9 heteroatoms. The third kappa shape index (κ3) is 3.76. The summed E-state index contributed by atoms with van der Waals surface area (Å²) >= 11 is -1.26. The maximum absolute atomic E-state index is 15.2. The van der Waals surface area contributed by atoms with Crippen molar-refractivity contribution in [2.75, 3.05) is 37.5 Å². The first-order chi connectivity index (χ1) is 15.1. The summed E-state index contributed by atoms with van der Waals surface area (Å²) in [6.07, 6.45) is 4.88. The molecule has 1 aromatic carbocycles. The molecule has 1 N–H and O–H groups in total. The third-order valence-electron chi connectivity index (χ3n) is 5.37. The number of aromatic amines is 1. The highest BCUT2D eigenvalue weighted by Crippen LogP contribution is 2.36. The predicted octanol–water partition coefficient (Wildman–Crippen LogP) is 3.40. The molecule has 4 heterocycles. The minimum absolute atomic E-state index is 0.423. The molecule has 1 atom stereocenters. The quantitative estimate of drug-likeness (QED) is 0.492. The number of benzene rings is 1. The van der Waals surface area contributed by atoms with Gasteiger partial charge >= 0.3 is 0 Å². The van der Waals surface area contributed by atoms with Crippen LogP contribution in [0.4, 0.5) is 10.2 Å². The molecule has 158 valence electrons. The minimum Gasteiger partial charge on any atom is -0.612 e. The lowest BCUT2D eigenvalue weighted by molar-refractivity contribution is 0.122. The highest BCUT2D eigenvalue weighted by molar-refractivity contribution is 7.90. The van der Waals surface area contributed by atoms with E-state index in [9.17, 15) is 4.55 Å². The summed E-state index contributed by atoms with van der Waals surface area (Å²) in [6.45, 7) is 2.63. The number of aromatic nitrogens is 4. The first-order valence-corrected chi connectivity index (χ1v) is 11.4. The van der Waals surface area contributed by atoms with E-state index < -0.39 is 17.0 Å². The zero-order chi connectivity index (χ0) is 21.4. The lowest BCUT2D eigenvalue weighted by atomic mass is 9.99. The fourth-order valence-electron chi connectivity index (χ4n) is 3.79. The summed E-state index contributed by atoms with van der Waals surface area (Å²) in [6, 6.07) is 10.3. The molecule has 7 nitrogen and oxygen atoms in total. The molecule has 0 bridgehead atoms. The van der Waals surface area contributed by atoms with Crippen molar-refractivity contribution in [3.63, 3.8) is 0 Å². The number of anilines is 1. The van der Waals surface area contributed by atoms with E-state index in [2.05, 4.69) is 20.1 Å². The average molecular weight is 438 g/mol. The highest BCUT2D eigenvalue weighted by Gasteiger charge is 2.21. The van der Waals surface area contributed by atoms with E-state index in [4.69, 9.17) is 9.72 Å². The Morgan fingerprint density at radius 1 is 1.10 bits per heavy atom. The highest BCUT2D eigenvalue weighted by atomic mass is 32.2. The summed E-state index contributed by atoms with van der Waals surface area (Å²) in [5, 5.41) is 7.75. The van der Waals surface area contributed by atoms with Crippen LogP contribution in [0.5, 0.6) is 0 Å². The number of hydrogen-bond donors (Lipinski definition) is 1. The van der Waals surface area contributed by atoms with Crippen molar-refractivity contribution in [2.45, 2.75) is 4.90 Å². The molecule has 5 rings (SSSR count). The zero-order valence-electron chi connectivity index (χ0n) is 16.8. The molecule has 31 heavy (non-hydrogen) atoms. The Morgan fingerprint density at radius 3 is 2.65 bits per heavy atom. The monoisotopic (exact) mass is 437 g/mol. The molecule has 0 radical (unpaired) electrons. The van der Waals surface area contributed by atoms with Crippen LogP contribution in [0.2, 0.25) is 0 Å². The van der Waals surface area contributed by atoms with Gasteiger partial charge in [-0.05, 0) is 47.1 Å². The Kier molecular flexibility index (Phi) is 5.31. The zero-order valence-corrected chi connectivity index (χ0v) is 17.7.